The molecule has 0 aromatic heterocycles. The third kappa shape index (κ3) is 4.85. The monoisotopic (exact) mass is 251 g/mol. The zero-order valence-corrected chi connectivity index (χ0v) is 10.3. The maximum absolute atomic E-state index is 11.3. The maximum atomic E-state index is 11.3. The van der Waals surface area contributed by atoms with Crippen molar-refractivity contribution in [2.75, 3.05) is 13.1 Å². The average molecular weight is 252 g/mol. The lowest BCUT2D eigenvalue weighted by atomic mass is 10.1. The fourth-order valence-corrected chi connectivity index (χ4v) is 1.54. The van der Waals surface area contributed by atoms with Gasteiger partial charge in [0.05, 0.1) is 12.6 Å². The molecule has 0 fully saturated rings. The van der Waals surface area contributed by atoms with Crippen LogP contribution >= 0.6 is 11.6 Å². The molecule has 1 aromatic rings. The number of nitrogens with one attached hydrogen (secondary N) is 2. The van der Waals surface area contributed by atoms with E-state index in [1.807, 2.05) is 31.2 Å². The minimum absolute atomic E-state index is 0.0292. The summed E-state index contributed by atoms with van der Waals surface area (Å²) in [6.45, 7) is 2.16. The number of hydrogen-bond donors (Lipinski definition) is 2. The zero-order chi connectivity index (χ0) is 12.7. The Morgan fingerprint density at radius 1 is 1.59 bits per heavy atom. The van der Waals surface area contributed by atoms with Gasteiger partial charge in [0.15, 0.2) is 0 Å². The summed E-state index contributed by atoms with van der Waals surface area (Å²) in [5, 5.41) is 14.5. The van der Waals surface area contributed by atoms with E-state index in [1.165, 1.54) is 0 Å². The van der Waals surface area contributed by atoms with E-state index in [9.17, 15) is 4.79 Å². The highest BCUT2D eigenvalue weighted by Crippen LogP contribution is 2.16. The van der Waals surface area contributed by atoms with Gasteiger partial charge in [0.1, 0.15) is 6.54 Å². The molecule has 0 aliphatic rings. The molecule has 4 nitrogen and oxygen atoms in total. The molecule has 0 saturated heterocycles. The topological polar surface area (TPSA) is 64.9 Å². The molecule has 2 N–H and O–H groups in total. The number of amides is 1. The molecule has 0 heterocycles. The first-order valence-electron chi connectivity index (χ1n) is 5.26. The summed E-state index contributed by atoms with van der Waals surface area (Å²) < 4.78 is 0. The summed E-state index contributed by atoms with van der Waals surface area (Å²) in [4.78, 5) is 11.3. The number of hydrogen-bond acceptors (Lipinski definition) is 3. The first-order valence-corrected chi connectivity index (χ1v) is 5.63. The van der Waals surface area contributed by atoms with Crippen molar-refractivity contribution in [2.24, 2.45) is 0 Å². The van der Waals surface area contributed by atoms with Gasteiger partial charge in [-0.1, -0.05) is 23.7 Å². The van der Waals surface area contributed by atoms with E-state index in [4.69, 9.17) is 16.9 Å². The van der Waals surface area contributed by atoms with Crippen LogP contribution in [0.2, 0.25) is 5.02 Å². The molecule has 0 aliphatic heterocycles. The van der Waals surface area contributed by atoms with Crippen molar-refractivity contribution in [3.05, 3.63) is 34.9 Å². The van der Waals surface area contributed by atoms with Crippen molar-refractivity contribution >= 4 is 17.5 Å². The Morgan fingerprint density at radius 2 is 2.35 bits per heavy atom. The highest BCUT2D eigenvalue weighted by atomic mass is 35.5. The van der Waals surface area contributed by atoms with Crippen molar-refractivity contribution in [3.8, 4) is 6.07 Å². The summed E-state index contributed by atoms with van der Waals surface area (Å²) in [6.07, 6.45) is 0. The van der Waals surface area contributed by atoms with Crippen molar-refractivity contribution in [1.29, 1.82) is 5.26 Å². The second-order valence-electron chi connectivity index (χ2n) is 3.59. The van der Waals surface area contributed by atoms with Gasteiger partial charge in [0.2, 0.25) is 5.91 Å². The van der Waals surface area contributed by atoms with E-state index >= 15 is 0 Å². The molecular weight excluding hydrogens is 238 g/mol. The van der Waals surface area contributed by atoms with E-state index < -0.39 is 0 Å². The highest BCUT2D eigenvalue weighted by Gasteiger charge is 2.07. The Labute approximate surface area is 106 Å². The summed E-state index contributed by atoms with van der Waals surface area (Å²) >= 11 is 5.88. The van der Waals surface area contributed by atoms with Crippen LogP contribution in [0.15, 0.2) is 24.3 Å². The minimum Gasteiger partial charge on any atom is -0.342 e. The van der Waals surface area contributed by atoms with Gasteiger partial charge in [-0.05, 0) is 24.6 Å². The van der Waals surface area contributed by atoms with Gasteiger partial charge in [-0.15, -0.1) is 0 Å². The van der Waals surface area contributed by atoms with E-state index in [0.717, 1.165) is 5.56 Å². The summed E-state index contributed by atoms with van der Waals surface area (Å²) in [5.41, 5.74) is 1.02. The molecule has 1 atom stereocenters. The largest absolute Gasteiger partial charge is 0.342 e. The number of nitrogens with zero attached hydrogens (tertiary/aromatic N) is 1. The maximum Gasteiger partial charge on any atom is 0.234 e. The fraction of sp³-hybridized carbons (Fsp3) is 0.333. The Bertz CT molecular complexity index is 428. The van der Waals surface area contributed by atoms with Crippen molar-refractivity contribution < 1.29 is 4.79 Å². The predicted molar refractivity (Wildman–Crippen MR) is 66.5 cm³/mol. The molecule has 0 bridgehead atoms. The van der Waals surface area contributed by atoms with Crippen LogP contribution in [-0.4, -0.2) is 19.0 Å². The van der Waals surface area contributed by atoms with Crippen LogP contribution in [0, 0.1) is 11.3 Å². The SMILES string of the molecule is C[C@@H](NCC(=O)NCC#N)c1cccc(Cl)c1. The number of rotatable bonds is 5. The standard InChI is InChI=1S/C12H14ClN3O/c1-9(10-3-2-4-11(13)7-10)16-8-12(17)15-6-5-14/h2-4,7,9,16H,6,8H2,1H3,(H,15,17)/t9-/m1/s1. The van der Waals surface area contributed by atoms with E-state index in [2.05, 4.69) is 10.6 Å². The van der Waals surface area contributed by atoms with Gasteiger partial charge >= 0.3 is 0 Å². The first kappa shape index (κ1) is 13.5. The van der Waals surface area contributed by atoms with Crippen LogP contribution in [-0.2, 0) is 4.79 Å². The second kappa shape index (κ2) is 6.89. The smallest absolute Gasteiger partial charge is 0.234 e. The van der Waals surface area contributed by atoms with Crippen LogP contribution in [0.1, 0.15) is 18.5 Å². The lowest BCUT2D eigenvalue weighted by Crippen LogP contribution is -2.35. The minimum atomic E-state index is -0.194. The second-order valence-corrected chi connectivity index (χ2v) is 4.03. The Hall–Kier alpha value is -1.57. The third-order valence-electron chi connectivity index (χ3n) is 2.28. The first-order chi connectivity index (χ1) is 8.13. The van der Waals surface area contributed by atoms with E-state index in [0.29, 0.717) is 5.02 Å². The molecule has 0 saturated carbocycles. The molecule has 1 rings (SSSR count). The van der Waals surface area contributed by atoms with E-state index in [-0.39, 0.29) is 25.0 Å². The molecule has 0 radical (unpaired) electrons. The fourth-order valence-electron chi connectivity index (χ4n) is 1.34. The number of halogens is 1. The Morgan fingerprint density at radius 3 is 3.00 bits per heavy atom. The average Bonchev–Trinajstić information content (AvgIpc) is 2.33. The van der Waals surface area contributed by atoms with Gasteiger partial charge in [0, 0.05) is 11.1 Å². The molecule has 1 aromatic carbocycles. The summed E-state index contributed by atoms with van der Waals surface area (Å²) in [5.74, 6) is -0.194. The van der Waals surface area contributed by atoms with E-state index in [1.54, 1.807) is 6.07 Å². The van der Waals surface area contributed by atoms with Crippen LogP contribution in [0.4, 0.5) is 0 Å². The summed E-state index contributed by atoms with van der Waals surface area (Å²) in [7, 11) is 0. The number of carbonyl (C=O) groups is 1. The summed E-state index contributed by atoms with van der Waals surface area (Å²) in [6, 6.07) is 9.34. The van der Waals surface area contributed by atoms with Crippen LogP contribution in [0.3, 0.4) is 0 Å². The molecule has 5 heteroatoms. The van der Waals surface area contributed by atoms with Crippen LogP contribution < -0.4 is 10.6 Å². The van der Waals surface area contributed by atoms with Crippen molar-refractivity contribution in [1.82, 2.24) is 10.6 Å². The normalized spacial score (nSPS) is 11.6. The Balaban J connectivity index is 2.42. The molecule has 0 unspecified atom stereocenters. The van der Waals surface area contributed by atoms with Gasteiger partial charge in [-0.25, -0.2) is 0 Å². The molecule has 0 aliphatic carbocycles. The molecule has 90 valence electrons. The van der Waals surface area contributed by atoms with Gasteiger partial charge in [0.25, 0.3) is 0 Å². The molecular formula is C12H14ClN3O. The third-order valence-corrected chi connectivity index (χ3v) is 2.52. The highest BCUT2D eigenvalue weighted by molar-refractivity contribution is 6.30. The molecule has 17 heavy (non-hydrogen) atoms. The number of carbonyl (C=O) groups excluding carboxylic acids is 1. The van der Waals surface area contributed by atoms with Crippen LogP contribution in [0.25, 0.3) is 0 Å². The van der Waals surface area contributed by atoms with Gasteiger partial charge < -0.3 is 10.6 Å². The van der Waals surface area contributed by atoms with Gasteiger partial charge in [-0.3, -0.25) is 4.79 Å². The van der Waals surface area contributed by atoms with Crippen LogP contribution in [0.5, 0.6) is 0 Å². The quantitative estimate of drug-likeness (QED) is 0.782. The van der Waals surface area contributed by atoms with Crippen molar-refractivity contribution in [2.45, 2.75) is 13.0 Å². The molecule has 0 spiro atoms. The lowest BCUT2D eigenvalue weighted by Gasteiger charge is -2.13. The number of nitriles is 1. The van der Waals surface area contributed by atoms with Gasteiger partial charge in [-0.2, -0.15) is 5.26 Å². The predicted octanol–water partition coefficient (Wildman–Crippen LogP) is 1.63. The Kier molecular flexibility index (Phi) is 5.47. The number of benzene rings is 1. The van der Waals surface area contributed by atoms with Crippen molar-refractivity contribution in [3.63, 3.8) is 0 Å². The molecule has 1 amide bonds. The zero-order valence-electron chi connectivity index (χ0n) is 9.53. The lowest BCUT2D eigenvalue weighted by molar-refractivity contribution is -0.120.